The van der Waals surface area contributed by atoms with Crippen LogP contribution < -0.4 is 10.5 Å². The van der Waals surface area contributed by atoms with Gasteiger partial charge in [0.2, 0.25) is 5.78 Å². The molecule has 39 heavy (non-hydrogen) atoms. The molecule has 8 N–H and O–H groups in total. The van der Waals surface area contributed by atoms with Gasteiger partial charge >= 0.3 is 0 Å². The van der Waals surface area contributed by atoms with Crippen molar-refractivity contribution in [3.63, 3.8) is 0 Å². The predicted octanol–water partition coefficient (Wildman–Crippen LogP) is -0.207. The number of aromatic hydroxyl groups is 2. The molecule has 0 saturated carbocycles. The van der Waals surface area contributed by atoms with Crippen molar-refractivity contribution < 1.29 is 54.4 Å². The molecule has 2 aromatic carbocycles. The minimum absolute atomic E-state index is 0.0343. The molecule has 1 saturated heterocycles. The highest BCUT2D eigenvalue weighted by Crippen LogP contribution is 2.52. The lowest BCUT2D eigenvalue weighted by atomic mass is 9.71. The number of fused-ring (bicyclic) bond motifs is 3. The van der Waals surface area contributed by atoms with Crippen LogP contribution in [0.15, 0.2) is 18.2 Å². The lowest BCUT2D eigenvalue weighted by molar-refractivity contribution is -0.251. The molecule has 210 valence electrons. The number of methoxy groups -OCH3 is 1. The highest BCUT2D eigenvalue weighted by atomic mass is 16.7. The van der Waals surface area contributed by atoms with Crippen molar-refractivity contribution in [2.24, 2.45) is 5.73 Å². The van der Waals surface area contributed by atoms with E-state index in [2.05, 4.69) is 0 Å². The third-order valence-corrected chi connectivity index (χ3v) is 7.97. The highest BCUT2D eigenvalue weighted by molar-refractivity contribution is 6.31. The van der Waals surface area contributed by atoms with Gasteiger partial charge in [0.1, 0.15) is 23.4 Å². The van der Waals surface area contributed by atoms with Crippen LogP contribution in [0.1, 0.15) is 68.8 Å². The van der Waals surface area contributed by atoms with E-state index in [1.807, 2.05) is 0 Å². The van der Waals surface area contributed by atoms with Crippen LogP contribution in [0.25, 0.3) is 0 Å². The Balaban J connectivity index is 1.68. The normalized spacial score (nSPS) is 30.8. The molecule has 7 atom stereocenters. The molecule has 0 radical (unpaired) electrons. The number of phenols is 2. The fraction of sp³-hybridized carbons (Fsp3) is 0.481. The van der Waals surface area contributed by atoms with E-state index in [9.17, 15) is 40.2 Å². The molecule has 2 aromatic rings. The molecule has 1 aliphatic heterocycles. The number of nitrogens with two attached hydrogens (primary N) is 1. The minimum atomic E-state index is -2.05. The van der Waals surface area contributed by atoms with Crippen molar-refractivity contribution >= 4 is 11.6 Å². The Bertz CT molecular complexity index is 1330. The fourth-order valence-corrected chi connectivity index (χ4v) is 5.84. The van der Waals surface area contributed by atoms with E-state index < -0.39 is 89.6 Å². The first kappa shape index (κ1) is 27.5. The zero-order chi connectivity index (χ0) is 28.4. The van der Waals surface area contributed by atoms with Crippen LogP contribution in [0.2, 0.25) is 0 Å². The van der Waals surface area contributed by atoms with Gasteiger partial charge in [-0.25, -0.2) is 0 Å². The molecule has 0 spiro atoms. The lowest BCUT2D eigenvalue weighted by Gasteiger charge is -2.44. The van der Waals surface area contributed by atoms with E-state index >= 15 is 0 Å². The molecule has 12 nitrogen and oxygen atoms in total. The second kappa shape index (κ2) is 9.82. The molecule has 0 aromatic heterocycles. The maximum absolute atomic E-state index is 13.7. The van der Waals surface area contributed by atoms with Crippen LogP contribution in [0.4, 0.5) is 0 Å². The van der Waals surface area contributed by atoms with E-state index in [1.165, 1.54) is 25.3 Å². The summed E-state index contributed by atoms with van der Waals surface area (Å²) in [6.45, 7) is 0.768. The number of ether oxygens (including phenoxy) is 3. The number of aliphatic hydroxyl groups is 4. The van der Waals surface area contributed by atoms with E-state index in [0.717, 1.165) is 0 Å². The van der Waals surface area contributed by atoms with Gasteiger partial charge in [-0.2, -0.15) is 0 Å². The first-order valence-corrected chi connectivity index (χ1v) is 12.6. The largest absolute Gasteiger partial charge is 0.507 e. The fourth-order valence-electron chi connectivity index (χ4n) is 5.84. The summed E-state index contributed by atoms with van der Waals surface area (Å²) in [5.74, 6) is -2.68. The first-order chi connectivity index (χ1) is 18.4. The van der Waals surface area contributed by atoms with Gasteiger partial charge in [0, 0.05) is 42.0 Å². The topological polar surface area (TPSA) is 209 Å². The molecule has 2 aliphatic carbocycles. The van der Waals surface area contributed by atoms with Gasteiger partial charge < -0.3 is 50.6 Å². The zero-order valence-corrected chi connectivity index (χ0v) is 21.3. The number of benzene rings is 2. The smallest absolute Gasteiger partial charge is 0.202 e. The lowest BCUT2D eigenvalue weighted by Crippen LogP contribution is -2.53. The summed E-state index contributed by atoms with van der Waals surface area (Å²) >= 11 is 0. The second-order valence-corrected chi connectivity index (χ2v) is 10.3. The molecular weight excluding hydrogens is 514 g/mol. The summed E-state index contributed by atoms with van der Waals surface area (Å²) in [7, 11) is 1.33. The number of ketones is 2. The maximum atomic E-state index is 13.7. The SMILES string of the molecule is COc1cccc2c1C(=O)c1c(O)c3c(c(O)c1C2=O)C[C@@](O)([C@H](O)CO)C[C@@H]3O[C@H]1C[C@H](N)[C@H](O)[C@H](C)O1. The van der Waals surface area contributed by atoms with Crippen molar-refractivity contribution in [3.8, 4) is 17.2 Å². The van der Waals surface area contributed by atoms with Crippen molar-refractivity contribution in [2.75, 3.05) is 13.7 Å². The van der Waals surface area contributed by atoms with Gasteiger partial charge in [-0.05, 0) is 13.0 Å². The second-order valence-electron chi connectivity index (χ2n) is 10.3. The molecule has 0 bridgehead atoms. The minimum Gasteiger partial charge on any atom is -0.507 e. The average Bonchev–Trinajstić information content (AvgIpc) is 2.90. The van der Waals surface area contributed by atoms with Gasteiger partial charge in [-0.1, -0.05) is 12.1 Å². The third kappa shape index (κ3) is 4.19. The number of aliphatic hydroxyl groups excluding tert-OH is 3. The van der Waals surface area contributed by atoms with Crippen LogP contribution in [-0.4, -0.2) is 92.2 Å². The molecule has 5 rings (SSSR count). The van der Waals surface area contributed by atoms with Crippen LogP contribution in [-0.2, 0) is 15.9 Å². The molecule has 1 fully saturated rings. The molecule has 12 heteroatoms. The Kier molecular flexibility index (Phi) is 6.92. The van der Waals surface area contributed by atoms with Gasteiger partial charge in [0.25, 0.3) is 0 Å². The van der Waals surface area contributed by atoms with Crippen LogP contribution >= 0.6 is 0 Å². The Morgan fingerprint density at radius 3 is 2.49 bits per heavy atom. The Morgan fingerprint density at radius 2 is 1.85 bits per heavy atom. The number of rotatable bonds is 5. The summed E-state index contributed by atoms with van der Waals surface area (Å²) in [5.41, 5.74) is 2.77. The quantitative estimate of drug-likeness (QED) is 0.208. The summed E-state index contributed by atoms with van der Waals surface area (Å²) in [6, 6.07) is 3.69. The maximum Gasteiger partial charge on any atom is 0.202 e. The van der Waals surface area contributed by atoms with Gasteiger partial charge in [-0.15, -0.1) is 0 Å². The van der Waals surface area contributed by atoms with Crippen molar-refractivity contribution in [1.29, 1.82) is 0 Å². The molecule has 0 amide bonds. The first-order valence-electron chi connectivity index (χ1n) is 12.6. The van der Waals surface area contributed by atoms with E-state index in [-0.39, 0.29) is 40.8 Å². The average molecular weight is 546 g/mol. The Hall–Kier alpha value is -3.10. The number of hydrogen-bond donors (Lipinski definition) is 7. The van der Waals surface area contributed by atoms with Gasteiger partial charge in [0.05, 0.1) is 54.3 Å². The van der Waals surface area contributed by atoms with Crippen LogP contribution in [0.3, 0.4) is 0 Å². The molecule has 1 heterocycles. The van der Waals surface area contributed by atoms with E-state index in [0.29, 0.717) is 0 Å². The molecular formula is C27H31NO11. The molecule has 0 unspecified atom stereocenters. The van der Waals surface area contributed by atoms with Gasteiger partial charge in [-0.3, -0.25) is 9.59 Å². The number of phenolic OH excluding ortho intramolecular Hbond substituents is 2. The van der Waals surface area contributed by atoms with E-state index in [1.54, 1.807) is 6.92 Å². The van der Waals surface area contributed by atoms with Crippen molar-refractivity contribution in [2.45, 2.75) is 68.5 Å². The van der Waals surface area contributed by atoms with Crippen molar-refractivity contribution in [1.82, 2.24) is 0 Å². The van der Waals surface area contributed by atoms with Crippen molar-refractivity contribution in [3.05, 3.63) is 51.6 Å². The monoisotopic (exact) mass is 545 g/mol. The summed E-state index contributed by atoms with van der Waals surface area (Å²) in [6.07, 6.45) is -6.45. The summed E-state index contributed by atoms with van der Waals surface area (Å²) < 4.78 is 17.1. The van der Waals surface area contributed by atoms with Crippen LogP contribution in [0.5, 0.6) is 17.2 Å². The standard InChI is InChI=1S/C27H31NO11/c1-10-22(31)13(28)6-17(38-10)39-15-8-27(36,16(30)9-29)7-12-19(15)26(35)21-20(24(12)33)23(32)11-4-3-5-14(37-2)18(11)25(21)34/h3-5,10,13,15-17,22,29-31,33,35-36H,6-9,28H2,1-2H3/t10-,13-,15-,16+,17-,22+,27-/m0/s1. The Morgan fingerprint density at radius 1 is 1.15 bits per heavy atom. The highest BCUT2D eigenvalue weighted by Gasteiger charge is 2.50. The number of carbonyl (C=O) groups excluding carboxylic acids is 2. The zero-order valence-electron chi connectivity index (χ0n) is 21.3. The predicted molar refractivity (Wildman–Crippen MR) is 133 cm³/mol. The summed E-state index contributed by atoms with van der Waals surface area (Å²) in [4.78, 5) is 27.2. The third-order valence-electron chi connectivity index (χ3n) is 7.97. The van der Waals surface area contributed by atoms with Gasteiger partial charge in [0.15, 0.2) is 12.1 Å². The number of carbonyl (C=O) groups is 2. The summed E-state index contributed by atoms with van der Waals surface area (Å²) in [5, 5.41) is 64.4. The van der Waals surface area contributed by atoms with E-state index in [4.69, 9.17) is 19.9 Å². The Labute approximate surface area is 223 Å². The molecule has 3 aliphatic rings. The number of hydrogen-bond acceptors (Lipinski definition) is 12. The van der Waals surface area contributed by atoms with Crippen LogP contribution in [0, 0.1) is 0 Å².